The summed E-state index contributed by atoms with van der Waals surface area (Å²) in [5.41, 5.74) is 0.636. The fourth-order valence-corrected chi connectivity index (χ4v) is 0.960. The first-order chi connectivity index (χ1) is 10.8. The van der Waals surface area contributed by atoms with Gasteiger partial charge in [-0.3, -0.25) is 4.79 Å². The lowest BCUT2D eigenvalue weighted by atomic mass is 10.2. The molecule has 0 aromatic carbocycles. The van der Waals surface area contributed by atoms with Gasteiger partial charge in [-0.2, -0.15) is 0 Å². The van der Waals surface area contributed by atoms with Gasteiger partial charge in [0.2, 0.25) is 0 Å². The zero-order valence-corrected chi connectivity index (χ0v) is 13.8. The molecule has 7 nitrogen and oxygen atoms in total. The van der Waals surface area contributed by atoms with Crippen molar-refractivity contribution in [3.8, 4) is 0 Å². The molecule has 0 aromatic heterocycles. The van der Waals surface area contributed by atoms with Crippen LogP contribution in [0.1, 0.15) is 27.2 Å². The maximum absolute atomic E-state index is 11.2. The molecule has 7 heteroatoms. The highest BCUT2D eigenvalue weighted by Gasteiger charge is 2.16. The van der Waals surface area contributed by atoms with Crippen molar-refractivity contribution in [2.45, 2.75) is 33.3 Å². The maximum atomic E-state index is 11.2. The van der Waals surface area contributed by atoms with Crippen LogP contribution in [-0.2, 0) is 19.1 Å². The highest BCUT2D eigenvalue weighted by Crippen LogP contribution is 1.97. The molecule has 0 fully saturated rings. The summed E-state index contributed by atoms with van der Waals surface area (Å²) in [7, 11) is 0. The summed E-state index contributed by atoms with van der Waals surface area (Å²) < 4.78 is 9.29. The van der Waals surface area contributed by atoms with E-state index >= 15 is 0 Å². The highest BCUT2D eigenvalue weighted by atomic mass is 16.6. The van der Waals surface area contributed by atoms with Gasteiger partial charge in [0.1, 0.15) is 13.2 Å². The number of carbonyl (C=O) groups is 3. The highest BCUT2D eigenvalue weighted by molar-refractivity contribution is 5.81. The quantitative estimate of drug-likeness (QED) is 0.524. The average Bonchev–Trinajstić information content (AvgIpc) is 2.49. The molecule has 2 N–H and O–H groups in total. The first-order valence-electron chi connectivity index (χ1n) is 7.09. The molecular weight excluding hydrogens is 302 g/mol. The van der Waals surface area contributed by atoms with Gasteiger partial charge in [0.15, 0.2) is 6.10 Å². The Morgan fingerprint density at radius 1 is 1.26 bits per heavy atom. The van der Waals surface area contributed by atoms with Crippen molar-refractivity contribution in [2.24, 2.45) is 0 Å². The predicted molar refractivity (Wildman–Crippen MR) is 87.0 cm³/mol. The Balaban J connectivity index is 0. The molecular formula is C16H25NO6. The Labute approximate surface area is 136 Å². The van der Waals surface area contributed by atoms with E-state index in [1.807, 2.05) is 0 Å². The molecule has 0 aliphatic rings. The lowest BCUT2D eigenvalue weighted by Crippen LogP contribution is -2.34. The van der Waals surface area contributed by atoms with Crippen LogP contribution in [0, 0.1) is 0 Å². The van der Waals surface area contributed by atoms with Gasteiger partial charge in [0.25, 0.3) is 0 Å². The molecule has 1 unspecified atom stereocenters. The van der Waals surface area contributed by atoms with E-state index in [0.717, 1.165) is 0 Å². The van der Waals surface area contributed by atoms with Crippen LogP contribution in [0.15, 0.2) is 37.0 Å². The average molecular weight is 327 g/mol. The summed E-state index contributed by atoms with van der Waals surface area (Å²) in [4.78, 5) is 32.8. The number of allylic oxidation sites excluding steroid dienone is 2. The first kappa shape index (κ1) is 22.7. The molecule has 0 aromatic rings. The second kappa shape index (κ2) is 14.4. The minimum atomic E-state index is -1.27. The molecule has 0 radical (unpaired) electrons. The number of esters is 1. The van der Waals surface area contributed by atoms with E-state index in [1.165, 1.54) is 25.5 Å². The van der Waals surface area contributed by atoms with Crippen LogP contribution in [0.4, 0.5) is 4.79 Å². The van der Waals surface area contributed by atoms with Crippen LogP contribution >= 0.6 is 0 Å². The van der Waals surface area contributed by atoms with Gasteiger partial charge in [-0.05, 0) is 12.5 Å². The summed E-state index contributed by atoms with van der Waals surface area (Å²) in [6.07, 6.45) is 3.77. The molecule has 1 atom stereocenters. The van der Waals surface area contributed by atoms with E-state index < -0.39 is 30.7 Å². The Bertz CT molecular complexity index is 442. The van der Waals surface area contributed by atoms with Crippen molar-refractivity contribution in [2.75, 3.05) is 13.2 Å². The number of carboxylic acid groups (broad SMARTS) is 1. The Kier molecular flexibility index (Phi) is 14.2. The van der Waals surface area contributed by atoms with E-state index in [0.29, 0.717) is 5.57 Å². The number of ether oxygens (including phenoxy) is 2. The summed E-state index contributed by atoms with van der Waals surface area (Å²) in [5.74, 6) is -2.14. The van der Waals surface area contributed by atoms with Crippen LogP contribution in [0.25, 0.3) is 0 Å². The fourth-order valence-electron chi connectivity index (χ4n) is 0.960. The SMILES string of the molecule is C=C/C=C(\C=C)COC(=O)NCC(=O)OC(C)C(=O)O.CCC. The second-order valence-electron chi connectivity index (χ2n) is 4.29. The lowest BCUT2D eigenvalue weighted by Gasteiger charge is -2.10. The van der Waals surface area contributed by atoms with E-state index in [2.05, 4.69) is 37.1 Å². The molecule has 23 heavy (non-hydrogen) atoms. The van der Waals surface area contributed by atoms with Crippen LogP contribution in [-0.4, -0.2) is 42.4 Å². The summed E-state index contributed by atoms with van der Waals surface area (Å²) in [6, 6.07) is 0. The van der Waals surface area contributed by atoms with E-state index in [4.69, 9.17) is 9.84 Å². The minimum Gasteiger partial charge on any atom is -0.479 e. The number of carboxylic acids is 1. The molecule has 0 bridgehead atoms. The maximum Gasteiger partial charge on any atom is 0.407 e. The van der Waals surface area contributed by atoms with Gasteiger partial charge in [0.05, 0.1) is 0 Å². The van der Waals surface area contributed by atoms with Gasteiger partial charge in [-0.1, -0.05) is 51.7 Å². The van der Waals surface area contributed by atoms with Crippen molar-refractivity contribution < 1.29 is 29.0 Å². The van der Waals surface area contributed by atoms with Gasteiger partial charge < -0.3 is 19.9 Å². The standard InChI is InChI=1S/C13H17NO6.C3H8/c1-4-6-10(5-2)8-19-13(18)14-7-11(15)20-9(3)12(16)17;1-3-2/h4-6,9H,1-2,7-8H2,3H3,(H,14,18)(H,16,17);3H2,1-2H3/b10-6+;. The molecule has 1 amide bonds. The van der Waals surface area contributed by atoms with Crippen LogP contribution in [0.5, 0.6) is 0 Å². The third-order valence-electron chi connectivity index (χ3n) is 2.00. The molecule has 0 spiro atoms. The molecule has 0 heterocycles. The summed E-state index contributed by atoms with van der Waals surface area (Å²) in [6.45, 7) is 12.0. The van der Waals surface area contributed by atoms with Gasteiger partial charge in [-0.25, -0.2) is 9.59 Å². The number of rotatable bonds is 8. The number of amides is 1. The number of alkyl carbamates (subject to hydrolysis) is 1. The third-order valence-corrected chi connectivity index (χ3v) is 2.00. The molecule has 0 aliphatic carbocycles. The van der Waals surface area contributed by atoms with E-state index in [-0.39, 0.29) is 6.61 Å². The van der Waals surface area contributed by atoms with Crippen LogP contribution in [0.2, 0.25) is 0 Å². The van der Waals surface area contributed by atoms with Gasteiger partial charge >= 0.3 is 18.0 Å². The normalized spacial score (nSPS) is 11.2. The first-order valence-corrected chi connectivity index (χ1v) is 7.09. The smallest absolute Gasteiger partial charge is 0.407 e. The van der Waals surface area contributed by atoms with Crippen molar-refractivity contribution in [1.82, 2.24) is 5.32 Å². The second-order valence-corrected chi connectivity index (χ2v) is 4.29. The number of nitrogens with one attached hydrogen (secondary N) is 1. The zero-order valence-electron chi connectivity index (χ0n) is 13.8. The molecule has 0 saturated carbocycles. The van der Waals surface area contributed by atoms with Crippen molar-refractivity contribution in [3.63, 3.8) is 0 Å². The molecule has 130 valence electrons. The molecule has 0 saturated heterocycles. The van der Waals surface area contributed by atoms with E-state index in [9.17, 15) is 14.4 Å². The number of hydrogen-bond acceptors (Lipinski definition) is 5. The molecule has 0 rings (SSSR count). The van der Waals surface area contributed by atoms with Crippen LogP contribution in [0.3, 0.4) is 0 Å². The number of hydrogen-bond donors (Lipinski definition) is 2. The van der Waals surface area contributed by atoms with E-state index in [1.54, 1.807) is 6.08 Å². The van der Waals surface area contributed by atoms with Crippen molar-refractivity contribution >= 4 is 18.0 Å². The van der Waals surface area contributed by atoms with Gasteiger partial charge in [0, 0.05) is 0 Å². The topological polar surface area (TPSA) is 102 Å². The largest absolute Gasteiger partial charge is 0.479 e. The zero-order chi connectivity index (χ0) is 18.3. The van der Waals surface area contributed by atoms with Crippen molar-refractivity contribution in [1.29, 1.82) is 0 Å². The predicted octanol–water partition coefficient (Wildman–Crippen LogP) is 2.44. The molecule has 0 aliphatic heterocycles. The number of aliphatic carboxylic acids is 1. The Morgan fingerprint density at radius 2 is 1.83 bits per heavy atom. The Morgan fingerprint density at radius 3 is 2.26 bits per heavy atom. The van der Waals surface area contributed by atoms with Crippen LogP contribution < -0.4 is 5.32 Å². The summed E-state index contributed by atoms with van der Waals surface area (Å²) >= 11 is 0. The van der Waals surface area contributed by atoms with Gasteiger partial charge in [-0.15, -0.1) is 0 Å². The minimum absolute atomic E-state index is 0.0259. The fraction of sp³-hybridized carbons (Fsp3) is 0.438. The monoisotopic (exact) mass is 327 g/mol. The number of carbonyl (C=O) groups excluding carboxylic acids is 2. The lowest BCUT2D eigenvalue weighted by molar-refractivity contribution is -0.161. The Hall–Kier alpha value is -2.57. The third kappa shape index (κ3) is 14.1. The summed E-state index contributed by atoms with van der Waals surface area (Å²) in [5, 5.41) is 10.7. The van der Waals surface area contributed by atoms with Crippen molar-refractivity contribution in [3.05, 3.63) is 37.0 Å².